The van der Waals surface area contributed by atoms with Crippen LogP contribution in [0.4, 0.5) is 0 Å². The van der Waals surface area contributed by atoms with E-state index in [2.05, 4.69) is 55.2 Å². The van der Waals surface area contributed by atoms with Crippen LogP contribution in [0.25, 0.3) is 0 Å². The van der Waals surface area contributed by atoms with Crippen LogP contribution < -0.4 is 10.6 Å². The van der Waals surface area contributed by atoms with Crippen LogP contribution in [0.1, 0.15) is 75.5 Å². The number of hydrogen-bond acceptors (Lipinski definition) is 6. The highest BCUT2D eigenvalue weighted by Crippen LogP contribution is 2.65. The van der Waals surface area contributed by atoms with E-state index in [0.717, 1.165) is 17.5 Å². The number of amides is 2. The zero-order chi connectivity index (χ0) is 27.9. The summed E-state index contributed by atoms with van der Waals surface area (Å²) in [5.74, 6) is 0.355. The van der Waals surface area contributed by atoms with Gasteiger partial charge in [-0.3, -0.25) is 14.6 Å². The lowest BCUT2D eigenvalue weighted by Gasteiger charge is -2.64. The van der Waals surface area contributed by atoms with Crippen LogP contribution in [0.15, 0.2) is 42.9 Å². The number of benzene rings is 1. The first-order valence-corrected chi connectivity index (χ1v) is 14.2. The molecule has 3 aliphatic carbocycles. The van der Waals surface area contributed by atoms with E-state index in [-0.39, 0.29) is 34.7 Å². The molecule has 1 aromatic carbocycles. The van der Waals surface area contributed by atoms with Gasteiger partial charge in [-0.1, -0.05) is 57.5 Å². The highest BCUT2D eigenvalue weighted by atomic mass is 16.7. The van der Waals surface area contributed by atoms with Crippen molar-refractivity contribution in [1.82, 2.24) is 20.6 Å². The molecule has 3 saturated carbocycles. The third-order valence-corrected chi connectivity index (χ3v) is 9.33. The molecule has 2 N–H and O–H groups in total. The second-order valence-electron chi connectivity index (χ2n) is 12.9. The van der Waals surface area contributed by atoms with Crippen LogP contribution in [-0.2, 0) is 20.5 Å². The molecule has 0 radical (unpaired) electrons. The maximum absolute atomic E-state index is 13.8. The molecule has 2 amide bonds. The summed E-state index contributed by atoms with van der Waals surface area (Å²) in [4.78, 5) is 34.9. The van der Waals surface area contributed by atoms with Crippen molar-refractivity contribution >= 4 is 18.9 Å². The molecule has 1 aliphatic heterocycles. The first-order valence-electron chi connectivity index (χ1n) is 14.2. The number of aryl methyl sites for hydroxylation is 1. The van der Waals surface area contributed by atoms with Crippen LogP contribution in [-0.4, -0.2) is 52.6 Å². The van der Waals surface area contributed by atoms with E-state index in [1.165, 1.54) is 25.0 Å². The fraction of sp³-hybridized carbons (Fsp3) is 0.600. The molecule has 6 atom stereocenters. The summed E-state index contributed by atoms with van der Waals surface area (Å²) in [6.45, 7) is 13.1. The van der Waals surface area contributed by atoms with Crippen molar-refractivity contribution in [2.75, 3.05) is 0 Å². The molecule has 2 bridgehead atoms. The number of carbonyl (C=O) groups excluding carboxylic acids is 2. The summed E-state index contributed by atoms with van der Waals surface area (Å²) >= 11 is 0. The highest BCUT2D eigenvalue weighted by Gasteiger charge is 2.68. The largest absolute Gasteiger partial charge is 0.481 e. The van der Waals surface area contributed by atoms with Crippen molar-refractivity contribution in [3.63, 3.8) is 0 Å². The van der Waals surface area contributed by atoms with E-state index in [1.54, 1.807) is 0 Å². The maximum atomic E-state index is 13.8. The van der Waals surface area contributed by atoms with Gasteiger partial charge in [0.15, 0.2) is 0 Å². The number of nitrogens with one attached hydrogen (secondary N) is 2. The number of hydrogen-bond donors (Lipinski definition) is 2. The smallest absolute Gasteiger partial charge is 0.404 e. The molecular weight excluding hydrogens is 491 g/mol. The molecule has 39 heavy (non-hydrogen) atoms. The average molecular weight is 532 g/mol. The monoisotopic (exact) mass is 532 g/mol. The second kappa shape index (κ2) is 10.7. The standard InChI is InChI=1S/C30H41BN4O4/c1-18(2)13-26(31-38-25-16-21-15-24(29(21,4)5)30(25,6)39-31)35-27(36)22(14-20-9-7-19(3)8-10-20)34-28(37)23-17-32-11-12-33-23/h7-12,17-18,21-22,24-26H,13-16H2,1-6H3,(H,34,37)(H,35,36)/t21-,22-,24-,25+,26-,30-/m0/s1. The minimum Gasteiger partial charge on any atom is -0.404 e. The van der Waals surface area contributed by atoms with Crippen LogP contribution in [0.2, 0.25) is 0 Å². The minimum atomic E-state index is -0.803. The molecule has 0 unspecified atom stereocenters. The Kier molecular flexibility index (Phi) is 7.59. The maximum Gasteiger partial charge on any atom is 0.481 e. The summed E-state index contributed by atoms with van der Waals surface area (Å²) in [7, 11) is -0.530. The Hall–Kier alpha value is -2.78. The van der Waals surface area contributed by atoms with Gasteiger partial charge >= 0.3 is 7.12 Å². The fourth-order valence-electron chi connectivity index (χ4n) is 6.92. The lowest BCUT2D eigenvalue weighted by Crippen LogP contribution is -2.65. The molecular formula is C30H41BN4O4. The Morgan fingerprint density at radius 1 is 1.10 bits per heavy atom. The third kappa shape index (κ3) is 5.48. The molecule has 0 spiro atoms. The van der Waals surface area contributed by atoms with Crippen molar-refractivity contribution in [3.8, 4) is 0 Å². The quantitative estimate of drug-likeness (QED) is 0.475. The molecule has 2 heterocycles. The first-order chi connectivity index (χ1) is 18.5. The second-order valence-corrected chi connectivity index (χ2v) is 12.9. The van der Waals surface area contributed by atoms with Gasteiger partial charge in [-0.05, 0) is 61.8 Å². The van der Waals surface area contributed by atoms with Crippen molar-refractivity contribution in [3.05, 3.63) is 59.7 Å². The topological polar surface area (TPSA) is 102 Å². The highest BCUT2D eigenvalue weighted by molar-refractivity contribution is 6.48. The van der Waals surface area contributed by atoms with E-state index in [0.29, 0.717) is 30.6 Å². The summed E-state index contributed by atoms with van der Waals surface area (Å²) in [5, 5.41) is 6.11. The van der Waals surface area contributed by atoms with E-state index in [4.69, 9.17) is 9.31 Å². The lowest BCUT2D eigenvalue weighted by molar-refractivity contribution is -0.199. The minimum absolute atomic E-state index is 0.0329. The van der Waals surface area contributed by atoms with Gasteiger partial charge in [0.2, 0.25) is 5.91 Å². The SMILES string of the molecule is Cc1ccc(C[C@H](NC(=O)c2cnccn2)C(=O)N[C@@H](CC(C)C)B2O[C@@H]3C[C@@H]4C[C@@H](C4(C)C)[C@]3(C)O2)cc1. The predicted octanol–water partition coefficient (Wildman–Crippen LogP) is 3.92. The van der Waals surface area contributed by atoms with E-state index < -0.39 is 19.1 Å². The molecule has 1 aromatic heterocycles. The van der Waals surface area contributed by atoms with Gasteiger partial charge in [-0.2, -0.15) is 0 Å². The summed E-state index contributed by atoms with van der Waals surface area (Å²) in [6.07, 6.45) is 7.60. The van der Waals surface area contributed by atoms with Crippen molar-refractivity contribution < 1.29 is 18.9 Å². The molecule has 4 fully saturated rings. The van der Waals surface area contributed by atoms with Gasteiger partial charge in [0.05, 0.1) is 23.8 Å². The average Bonchev–Trinajstić information content (AvgIpc) is 3.26. The fourth-order valence-corrected chi connectivity index (χ4v) is 6.92. The summed E-state index contributed by atoms with van der Waals surface area (Å²) in [6, 6.07) is 7.18. The van der Waals surface area contributed by atoms with Gasteiger partial charge in [0.1, 0.15) is 11.7 Å². The van der Waals surface area contributed by atoms with Gasteiger partial charge < -0.3 is 19.9 Å². The molecule has 208 valence electrons. The zero-order valence-corrected chi connectivity index (χ0v) is 23.9. The van der Waals surface area contributed by atoms with Crippen molar-refractivity contribution in [1.29, 1.82) is 0 Å². The Balaban J connectivity index is 1.34. The Labute approximate surface area is 232 Å². The lowest BCUT2D eigenvalue weighted by atomic mass is 9.43. The van der Waals surface area contributed by atoms with E-state index in [1.807, 2.05) is 31.2 Å². The Morgan fingerprint density at radius 3 is 2.49 bits per heavy atom. The third-order valence-electron chi connectivity index (χ3n) is 9.33. The van der Waals surface area contributed by atoms with Crippen LogP contribution in [0.5, 0.6) is 0 Å². The Morgan fingerprint density at radius 2 is 1.85 bits per heavy atom. The Bertz CT molecular complexity index is 1190. The predicted molar refractivity (Wildman–Crippen MR) is 150 cm³/mol. The van der Waals surface area contributed by atoms with Crippen LogP contribution in [0.3, 0.4) is 0 Å². The normalized spacial score (nSPS) is 28.3. The first kappa shape index (κ1) is 27.8. The van der Waals surface area contributed by atoms with Crippen molar-refractivity contribution in [2.24, 2.45) is 23.2 Å². The van der Waals surface area contributed by atoms with Gasteiger partial charge in [0, 0.05) is 18.8 Å². The molecule has 6 rings (SSSR count). The zero-order valence-electron chi connectivity index (χ0n) is 23.9. The van der Waals surface area contributed by atoms with Gasteiger partial charge in [-0.15, -0.1) is 0 Å². The number of aromatic nitrogens is 2. The van der Waals surface area contributed by atoms with E-state index in [9.17, 15) is 9.59 Å². The molecule has 1 saturated heterocycles. The van der Waals surface area contributed by atoms with Gasteiger partial charge in [0.25, 0.3) is 5.91 Å². The molecule has 9 heteroatoms. The van der Waals surface area contributed by atoms with Crippen molar-refractivity contribution in [2.45, 2.75) is 90.9 Å². The number of rotatable bonds is 9. The van der Waals surface area contributed by atoms with Crippen LogP contribution >= 0.6 is 0 Å². The number of carbonyl (C=O) groups is 2. The van der Waals surface area contributed by atoms with E-state index >= 15 is 0 Å². The number of nitrogens with zero attached hydrogens (tertiary/aromatic N) is 2. The summed E-state index contributed by atoms with van der Waals surface area (Å²) < 4.78 is 13.3. The van der Waals surface area contributed by atoms with Crippen LogP contribution in [0, 0.1) is 30.1 Å². The molecule has 2 aromatic rings. The van der Waals surface area contributed by atoms with Gasteiger partial charge in [-0.25, -0.2) is 4.98 Å². The summed E-state index contributed by atoms with van der Waals surface area (Å²) in [5.41, 5.74) is 2.13. The molecule has 4 aliphatic rings. The molecule has 8 nitrogen and oxygen atoms in total.